The molecule has 1 aliphatic carbocycles. The normalized spacial score (nSPS) is 19.2. The molecular weight excluding hydrogens is 697 g/mol. The van der Waals surface area contributed by atoms with Crippen LogP contribution in [0.4, 0.5) is 5.82 Å². The standard InChI is InChI=1S/C41H39Cl2N5O4/c1-41(2)51-36-29(21-35(37(36)52-41)48-18-17-30-22-44-40(43)46-38(30)48)12-6-25-5-11-28-20-33(42)39(45-34(28)19-25)47(23-26-7-13-31(49-3)14-8-26)24-27-9-15-32(50-4)16-10-27/h5,7-11,13-22,35-37H,6,12,23-24H2,1-4H3/t35-,36-,37+/m1/s1. The first-order valence-corrected chi connectivity index (χ1v) is 18.1. The van der Waals surface area contributed by atoms with Gasteiger partial charge in [0.25, 0.3) is 0 Å². The third kappa shape index (κ3) is 6.94. The lowest BCUT2D eigenvalue weighted by molar-refractivity contribution is -0.147. The molecular formula is C41H39Cl2N5O4. The van der Waals surface area contributed by atoms with Crippen LogP contribution in [0, 0.1) is 0 Å². The number of anilines is 1. The number of pyridine rings is 1. The van der Waals surface area contributed by atoms with Gasteiger partial charge in [-0.15, -0.1) is 0 Å². The van der Waals surface area contributed by atoms with Crippen molar-refractivity contribution >= 4 is 51.0 Å². The summed E-state index contributed by atoms with van der Waals surface area (Å²) in [6.45, 7) is 5.16. The van der Waals surface area contributed by atoms with Crippen LogP contribution in [-0.2, 0) is 29.0 Å². The minimum Gasteiger partial charge on any atom is -0.497 e. The average Bonchev–Trinajstić information content (AvgIpc) is 3.80. The van der Waals surface area contributed by atoms with Gasteiger partial charge in [-0.25, -0.2) is 9.97 Å². The number of aromatic nitrogens is 4. The van der Waals surface area contributed by atoms with E-state index in [1.165, 1.54) is 11.1 Å². The summed E-state index contributed by atoms with van der Waals surface area (Å²) in [7, 11) is 3.34. The lowest BCUT2D eigenvalue weighted by Gasteiger charge is -2.26. The summed E-state index contributed by atoms with van der Waals surface area (Å²) in [6.07, 6.45) is 7.31. The highest BCUT2D eigenvalue weighted by molar-refractivity contribution is 6.33. The van der Waals surface area contributed by atoms with Gasteiger partial charge in [0, 0.05) is 36.3 Å². The van der Waals surface area contributed by atoms with E-state index in [9.17, 15) is 0 Å². The van der Waals surface area contributed by atoms with Gasteiger partial charge in [0.1, 0.15) is 35.2 Å². The highest BCUT2D eigenvalue weighted by Crippen LogP contribution is 2.45. The third-order valence-electron chi connectivity index (χ3n) is 9.85. The number of hydrogen-bond donors (Lipinski definition) is 0. The van der Waals surface area contributed by atoms with Crippen molar-refractivity contribution < 1.29 is 18.9 Å². The molecule has 3 aromatic carbocycles. The maximum atomic E-state index is 6.99. The van der Waals surface area contributed by atoms with Gasteiger partial charge in [-0.2, -0.15) is 4.98 Å². The summed E-state index contributed by atoms with van der Waals surface area (Å²) in [4.78, 5) is 16.1. The fourth-order valence-corrected chi connectivity index (χ4v) is 7.72. The number of fused-ring (bicyclic) bond motifs is 3. The maximum Gasteiger partial charge on any atom is 0.224 e. The molecule has 0 unspecified atom stereocenters. The summed E-state index contributed by atoms with van der Waals surface area (Å²) in [6, 6.07) is 26.5. The van der Waals surface area contributed by atoms with Gasteiger partial charge in [0.2, 0.25) is 5.28 Å². The van der Waals surface area contributed by atoms with Crippen LogP contribution in [0.1, 0.15) is 43.0 Å². The Morgan fingerprint density at radius 2 is 1.46 bits per heavy atom. The predicted molar refractivity (Wildman–Crippen MR) is 204 cm³/mol. The van der Waals surface area contributed by atoms with E-state index in [1.807, 2.05) is 56.4 Å². The molecule has 1 saturated heterocycles. The van der Waals surface area contributed by atoms with Crippen LogP contribution in [0.2, 0.25) is 10.3 Å². The molecule has 8 rings (SSSR count). The van der Waals surface area contributed by atoms with Crippen molar-refractivity contribution in [3.63, 3.8) is 0 Å². The van der Waals surface area contributed by atoms with Crippen LogP contribution in [-0.4, -0.2) is 51.7 Å². The van der Waals surface area contributed by atoms with E-state index in [-0.39, 0.29) is 23.5 Å². The Balaban J connectivity index is 1.07. The van der Waals surface area contributed by atoms with Gasteiger partial charge in [-0.1, -0.05) is 54.1 Å². The van der Waals surface area contributed by atoms with E-state index in [1.54, 1.807) is 20.4 Å². The van der Waals surface area contributed by atoms with Crippen LogP contribution in [0.15, 0.2) is 103 Å². The number of benzene rings is 3. The summed E-state index contributed by atoms with van der Waals surface area (Å²) in [5.41, 5.74) is 6.28. The smallest absolute Gasteiger partial charge is 0.224 e. The first-order chi connectivity index (χ1) is 25.2. The molecule has 2 aliphatic rings. The molecule has 266 valence electrons. The summed E-state index contributed by atoms with van der Waals surface area (Å²) >= 11 is 13.2. The zero-order chi connectivity index (χ0) is 36.0. The average molecular weight is 737 g/mol. The predicted octanol–water partition coefficient (Wildman–Crippen LogP) is 9.14. The molecule has 6 aromatic rings. The SMILES string of the molecule is COc1ccc(CN(Cc2ccc(OC)cc2)c2nc3cc(CCC4=C[C@@H](n5ccc6cnc(Cl)nc65)[C@@H]5OC(C)(C)O[C@H]45)ccc3cc2Cl)cc1. The minimum absolute atomic E-state index is 0.0874. The van der Waals surface area contributed by atoms with Gasteiger partial charge >= 0.3 is 0 Å². The Hall–Kier alpha value is -4.67. The van der Waals surface area contributed by atoms with E-state index in [0.29, 0.717) is 18.1 Å². The van der Waals surface area contributed by atoms with Gasteiger partial charge in [0.15, 0.2) is 5.79 Å². The van der Waals surface area contributed by atoms with E-state index in [2.05, 4.69) is 68.0 Å². The van der Waals surface area contributed by atoms with Crippen molar-refractivity contribution in [2.75, 3.05) is 19.1 Å². The molecule has 1 aliphatic heterocycles. The second-order valence-electron chi connectivity index (χ2n) is 13.8. The largest absolute Gasteiger partial charge is 0.497 e. The topological polar surface area (TPSA) is 83.8 Å². The summed E-state index contributed by atoms with van der Waals surface area (Å²) < 4.78 is 25.9. The van der Waals surface area contributed by atoms with Crippen molar-refractivity contribution in [2.45, 2.75) is 63.8 Å². The zero-order valence-corrected chi connectivity index (χ0v) is 30.9. The Labute approximate surface area is 312 Å². The van der Waals surface area contributed by atoms with Crippen molar-refractivity contribution in [1.29, 1.82) is 0 Å². The molecule has 3 aromatic heterocycles. The number of halogens is 2. The van der Waals surface area contributed by atoms with Gasteiger partial charge in [-0.3, -0.25) is 0 Å². The number of ether oxygens (including phenoxy) is 4. The fourth-order valence-electron chi connectivity index (χ4n) is 7.31. The summed E-state index contributed by atoms with van der Waals surface area (Å²) in [5.74, 6) is 1.65. The van der Waals surface area contributed by atoms with E-state index >= 15 is 0 Å². The molecule has 9 nitrogen and oxygen atoms in total. The molecule has 0 saturated carbocycles. The summed E-state index contributed by atoms with van der Waals surface area (Å²) in [5, 5.41) is 2.73. The molecule has 1 fully saturated rings. The number of hydrogen-bond acceptors (Lipinski definition) is 8. The Bertz CT molecular complexity index is 2220. The Morgan fingerprint density at radius 1 is 0.788 bits per heavy atom. The fraction of sp³-hybridized carbons (Fsp3) is 0.293. The molecule has 0 radical (unpaired) electrons. The van der Waals surface area contributed by atoms with Crippen LogP contribution in [0.5, 0.6) is 11.5 Å². The molecule has 11 heteroatoms. The van der Waals surface area contributed by atoms with Crippen molar-refractivity contribution in [3.8, 4) is 11.5 Å². The number of methoxy groups -OCH3 is 2. The van der Waals surface area contributed by atoms with Crippen molar-refractivity contribution in [1.82, 2.24) is 19.5 Å². The molecule has 0 N–H and O–H groups in total. The molecule has 0 spiro atoms. The second kappa shape index (κ2) is 14.0. The quantitative estimate of drug-likeness (QED) is 0.0963. The highest BCUT2D eigenvalue weighted by Gasteiger charge is 2.50. The first-order valence-electron chi connectivity index (χ1n) is 17.3. The monoisotopic (exact) mass is 735 g/mol. The number of rotatable bonds is 11. The third-order valence-corrected chi connectivity index (χ3v) is 10.3. The molecule has 4 heterocycles. The molecule has 3 atom stereocenters. The van der Waals surface area contributed by atoms with E-state index in [0.717, 1.165) is 63.2 Å². The second-order valence-corrected chi connectivity index (χ2v) is 14.5. The molecule has 0 bridgehead atoms. The van der Waals surface area contributed by atoms with Gasteiger partial charge in [0.05, 0.1) is 30.8 Å². The Morgan fingerprint density at radius 3 is 2.13 bits per heavy atom. The van der Waals surface area contributed by atoms with Gasteiger partial charge < -0.3 is 28.4 Å². The first kappa shape index (κ1) is 34.4. The lowest BCUT2D eigenvalue weighted by atomic mass is 10.0. The zero-order valence-electron chi connectivity index (χ0n) is 29.4. The minimum atomic E-state index is -0.700. The Kier molecular flexibility index (Phi) is 9.30. The van der Waals surface area contributed by atoms with Crippen molar-refractivity contribution in [2.24, 2.45) is 0 Å². The van der Waals surface area contributed by atoms with Crippen LogP contribution in [0.3, 0.4) is 0 Å². The van der Waals surface area contributed by atoms with Crippen LogP contribution in [0.25, 0.3) is 21.9 Å². The van der Waals surface area contributed by atoms with Crippen LogP contribution >= 0.6 is 23.2 Å². The highest BCUT2D eigenvalue weighted by atomic mass is 35.5. The number of aryl methyl sites for hydroxylation is 1. The van der Waals surface area contributed by atoms with Gasteiger partial charge in [-0.05, 0) is 103 Å². The molecule has 0 amide bonds. The lowest BCUT2D eigenvalue weighted by Crippen LogP contribution is -2.27. The van der Waals surface area contributed by atoms with Crippen LogP contribution < -0.4 is 14.4 Å². The van der Waals surface area contributed by atoms with E-state index < -0.39 is 5.79 Å². The molecule has 52 heavy (non-hydrogen) atoms. The maximum absolute atomic E-state index is 6.99. The number of nitrogens with zero attached hydrogens (tertiary/aromatic N) is 5. The van der Waals surface area contributed by atoms with Crippen molar-refractivity contribution in [3.05, 3.63) is 130 Å². The van der Waals surface area contributed by atoms with E-state index in [4.69, 9.17) is 47.1 Å².